The minimum Gasteiger partial charge on any atom is -0.357 e. The number of unbranched alkanes of at least 4 members (excludes halogenated alkanes) is 4. The quantitative estimate of drug-likeness (QED) is 0.708. The van der Waals surface area contributed by atoms with Gasteiger partial charge >= 0.3 is 0 Å². The van der Waals surface area contributed by atoms with E-state index in [1.807, 2.05) is 12.3 Å². The molecule has 1 aromatic heterocycles. The van der Waals surface area contributed by atoms with Crippen molar-refractivity contribution in [2.75, 3.05) is 18.0 Å². The number of hydrogen-bond acceptors (Lipinski definition) is 3. The Labute approximate surface area is 134 Å². The van der Waals surface area contributed by atoms with Crippen LogP contribution >= 0.6 is 0 Å². The third kappa shape index (κ3) is 5.66. The van der Waals surface area contributed by atoms with Crippen LogP contribution < -0.4 is 10.2 Å². The molecule has 0 radical (unpaired) electrons. The summed E-state index contributed by atoms with van der Waals surface area (Å²) in [6, 6.07) is 4.09. The zero-order valence-electron chi connectivity index (χ0n) is 13.8. The fourth-order valence-electron chi connectivity index (χ4n) is 2.87. The Morgan fingerprint density at radius 3 is 2.77 bits per heavy atom. The topological polar surface area (TPSA) is 45.2 Å². The molecule has 1 fully saturated rings. The van der Waals surface area contributed by atoms with E-state index in [0.717, 1.165) is 37.3 Å². The Balaban J connectivity index is 1.69. The largest absolute Gasteiger partial charge is 0.357 e. The summed E-state index contributed by atoms with van der Waals surface area (Å²) in [5, 5.41) is 3.02. The van der Waals surface area contributed by atoms with Gasteiger partial charge in [-0.3, -0.25) is 4.79 Å². The van der Waals surface area contributed by atoms with Crippen LogP contribution in [0, 0.1) is 0 Å². The van der Waals surface area contributed by atoms with Crippen LogP contribution in [0.4, 0.5) is 5.82 Å². The van der Waals surface area contributed by atoms with Gasteiger partial charge in [0.15, 0.2) is 0 Å². The van der Waals surface area contributed by atoms with Gasteiger partial charge in [0.25, 0.3) is 0 Å². The summed E-state index contributed by atoms with van der Waals surface area (Å²) < 4.78 is 0. The zero-order chi connectivity index (χ0) is 15.6. The molecule has 2 rings (SSSR count). The number of aromatic nitrogens is 1. The van der Waals surface area contributed by atoms with Crippen LogP contribution in [0.2, 0.25) is 0 Å². The lowest BCUT2D eigenvalue weighted by atomic mass is 10.1. The average molecular weight is 303 g/mol. The van der Waals surface area contributed by atoms with Gasteiger partial charge in [0.2, 0.25) is 5.91 Å². The first-order valence-corrected chi connectivity index (χ1v) is 8.76. The number of carbonyl (C=O) groups is 1. The second kappa shape index (κ2) is 9.44. The Morgan fingerprint density at radius 1 is 1.23 bits per heavy atom. The number of nitrogens with one attached hydrogen (secondary N) is 1. The van der Waals surface area contributed by atoms with Crippen LogP contribution in [-0.2, 0) is 11.3 Å². The van der Waals surface area contributed by atoms with Crippen molar-refractivity contribution in [3.05, 3.63) is 23.9 Å². The van der Waals surface area contributed by atoms with Crippen molar-refractivity contribution < 1.29 is 4.79 Å². The third-order valence-electron chi connectivity index (χ3n) is 4.24. The number of hydrogen-bond donors (Lipinski definition) is 1. The highest BCUT2D eigenvalue weighted by Crippen LogP contribution is 2.18. The molecule has 1 amide bonds. The molecular weight excluding hydrogens is 274 g/mol. The lowest BCUT2D eigenvalue weighted by molar-refractivity contribution is -0.121. The van der Waals surface area contributed by atoms with Crippen molar-refractivity contribution in [1.82, 2.24) is 10.3 Å². The number of anilines is 1. The Hall–Kier alpha value is -1.58. The van der Waals surface area contributed by atoms with Gasteiger partial charge in [-0.1, -0.05) is 32.6 Å². The van der Waals surface area contributed by atoms with Crippen LogP contribution in [-0.4, -0.2) is 24.0 Å². The van der Waals surface area contributed by atoms with Crippen molar-refractivity contribution in [1.29, 1.82) is 0 Å². The summed E-state index contributed by atoms with van der Waals surface area (Å²) in [5.74, 6) is 1.21. The van der Waals surface area contributed by atoms with Gasteiger partial charge in [-0.05, 0) is 37.0 Å². The molecule has 122 valence electrons. The molecule has 0 atom stereocenters. The molecule has 0 saturated carbocycles. The van der Waals surface area contributed by atoms with E-state index in [4.69, 9.17) is 0 Å². The molecule has 1 saturated heterocycles. The van der Waals surface area contributed by atoms with Crippen molar-refractivity contribution in [3.8, 4) is 0 Å². The minimum atomic E-state index is 0.163. The maximum absolute atomic E-state index is 11.9. The highest BCUT2D eigenvalue weighted by atomic mass is 16.1. The first-order valence-electron chi connectivity index (χ1n) is 8.76. The van der Waals surface area contributed by atoms with Crippen LogP contribution in [0.15, 0.2) is 18.3 Å². The van der Waals surface area contributed by atoms with Gasteiger partial charge in [0.1, 0.15) is 5.82 Å². The van der Waals surface area contributed by atoms with Crippen molar-refractivity contribution >= 4 is 11.7 Å². The molecule has 1 aliphatic heterocycles. The Kier molecular flexibility index (Phi) is 7.20. The lowest BCUT2D eigenvalue weighted by Gasteiger charge is -2.17. The van der Waals surface area contributed by atoms with E-state index in [2.05, 4.69) is 28.2 Å². The normalized spacial score (nSPS) is 14.3. The van der Waals surface area contributed by atoms with Crippen LogP contribution in [0.3, 0.4) is 0 Å². The summed E-state index contributed by atoms with van der Waals surface area (Å²) >= 11 is 0. The van der Waals surface area contributed by atoms with Crippen LogP contribution in [0.25, 0.3) is 0 Å². The number of rotatable bonds is 9. The lowest BCUT2D eigenvalue weighted by Crippen LogP contribution is -2.23. The van der Waals surface area contributed by atoms with Crippen molar-refractivity contribution in [2.24, 2.45) is 0 Å². The molecule has 0 aliphatic carbocycles. The fraction of sp³-hybridized carbons (Fsp3) is 0.667. The SMILES string of the molecule is CCCCCCCC(=O)NCc1ccnc(N2CCCC2)c1. The van der Waals surface area contributed by atoms with E-state index in [9.17, 15) is 4.79 Å². The Morgan fingerprint density at radius 2 is 2.00 bits per heavy atom. The standard InChI is InChI=1S/C18H29N3O/c1-2-3-4-5-6-9-18(22)20-15-16-10-11-19-17(14-16)21-12-7-8-13-21/h10-11,14H,2-9,12-13,15H2,1H3,(H,20,22). The smallest absolute Gasteiger partial charge is 0.220 e. The molecule has 4 nitrogen and oxygen atoms in total. The van der Waals surface area contributed by atoms with Crippen molar-refractivity contribution in [2.45, 2.75) is 64.8 Å². The first kappa shape index (κ1) is 16.8. The molecule has 4 heteroatoms. The molecule has 0 bridgehead atoms. The molecule has 2 heterocycles. The van der Waals surface area contributed by atoms with E-state index >= 15 is 0 Å². The van der Waals surface area contributed by atoms with Gasteiger partial charge in [-0.15, -0.1) is 0 Å². The predicted molar refractivity (Wildman–Crippen MR) is 90.9 cm³/mol. The summed E-state index contributed by atoms with van der Waals surface area (Å²) in [5.41, 5.74) is 1.14. The number of amides is 1. The molecule has 22 heavy (non-hydrogen) atoms. The first-order chi connectivity index (χ1) is 10.8. The van der Waals surface area contributed by atoms with E-state index in [1.165, 1.54) is 32.1 Å². The molecule has 1 aromatic rings. The van der Waals surface area contributed by atoms with Crippen molar-refractivity contribution in [3.63, 3.8) is 0 Å². The molecular formula is C18H29N3O. The van der Waals surface area contributed by atoms with E-state index in [-0.39, 0.29) is 5.91 Å². The monoisotopic (exact) mass is 303 g/mol. The van der Waals surface area contributed by atoms with E-state index in [0.29, 0.717) is 13.0 Å². The molecule has 0 spiro atoms. The third-order valence-corrected chi connectivity index (χ3v) is 4.24. The predicted octanol–water partition coefficient (Wildman–Crippen LogP) is 3.66. The maximum Gasteiger partial charge on any atom is 0.220 e. The molecule has 0 unspecified atom stereocenters. The second-order valence-corrected chi connectivity index (χ2v) is 6.16. The summed E-state index contributed by atoms with van der Waals surface area (Å²) in [6.07, 6.45) is 10.9. The number of nitrogens with zero attached hydrogens (tertiary/aromatic N) is 2. The zero-order valence-corrected chi connectivity index (χ0v) is 13.8. The van der Waals surface area contributed by atoms with Gasteiger partial charge < -0.3 is 10.2 Å². The van der Waals surface area contributed by atoms with E-state index < -0.39 is 0 Å². The van der Waals surface area contributed by atoms with Crippen LogP contribution in [0.1, 0.15) is 63.9 Å². The average Bonchev–Trinajstić information content (AvgIpc) is 3.07. The Bertz CT molecular complexity index is 455. The van der Waals surface area contributed by atoms with Gasteiger partial charge in [-0.25, -0.2) is 4.98 Å². The molecule has 0 aromatic carbocycles. The minimum absolute atomic E-state index is 0.163. The highest BCUT2D eigenvalue weighted by molar-refractivity contribution is 5.75. The second-order valence-electron chi connectivity index (χ2n) is 6.16. The van der Waals surface area contributed by atoms with Crippen LogP contribution in [0.5, 0.6) is 0 Å². The van der Waals surface area contributed by atoms with Gasteiger partial charge in [0.05, 0.1) is 0 Å². The fourth-order valence-corrected chi connectivity index (χ4v) is 2.87. The summed E-state index contributed by atoms with van der Waals surface area (Å²) in [4.78, 5) is 18.6. The summed E-state index contributed by atoms with van der Waals surface area (Å²) in [7, 11) is 0. The van der Waals surface area contributed by atoms with Gasteiger partial charge in [0, 0.05) is 32.3 Å². The number of carbonyl (C=O) groups excluding carboxylic acids is 1. The number of pyridine rings is 1. The van der Waals surface area contributed by atoms with E-state index in [1.54, 1.807) is 0 Å². The molecule has 1 N–H and O–H groups in total. The highest BCUT2D eigenvalue weighted by Gasteiger charge is 2.13. The maximum atomic E-state index is 11.9. The molecule has 1 aliphatic rings. The summed E-state index contributed by atoms with van der Waals surface area (Å²) in [6.45, 7) is 5.01. The van der Waals surface area contributed by atoms with Gasteiger partial charge in [-0.2, -0.15) is 0 Å².